The zero-order valence-electron chi connectivity index (χ0n) is 3.56. The van der Waals surface area contributed by atoms with E-state index in [0.717, 1.165) is 0 Å². The molecule has 0 saturated heterocycles. The van der Waals surface area contributed by atoms with Crippen LogP contribution in [0, 0.1) is 5.21 Å². The summed E-state index contributed by atoms with van der Waals surface area (Å²) in [6, 6.07) is 0. The summed E-state index contributed by atoms with van der Waals surface area (Å²) in [5.41, 5.74) is 0. The summed E-state index contributed by atoms with van der Waals surface area (Å²) >= 11 is 0. The molecule has 0 saturated carbocycles. The van der Waals surface area contributed by atoms with Crippen LogP contribution >= 0.6 is 18.8 Å². The predicted octanol–water partition coefficient (Wildman–Crippen LogP) is -2.78. The molecule has 7 heteroatoms. The van der Waals surface area contributed by atoms with Crippen molar-refractivity contribution in [1.29, 1.82) is 0 Å². The van der Waals surface area contributed by atoms with Crippen molar-refractivity contribution in [1.82, 2.24) is 5.20 Å². The van der Waals surface area contributed by atoms with Crippen molar-refractivity contribution in [3.8, 4) is 0 Å². The summed E-state index contributed by atoms with van der Waals surface area (Å²) in [7, 11) is 3.93. The minimum absolute atomic E-state index is 0.116. The fourth-order valence-corrected chi connectivity index (χ4v) is 0.463. The lowest BCUT2D eigenvalue weighted by molar-refractivity contribution is -1.42. The third-order valence-corrected chi connectivity index (χ3v) is 0.968. The van der Waals surface area contributed by atoms with Crippen LogP contribution in [0.1, 0.15) is 0 Å². The Morgan fingerprint density at radius 1 is 1.71 bits per heavy atom. The minimum Gasteiger partial charge on any atom is -0.582 e. The number of hydrogen-bond acceptors (Lipinski definition) is 2. The lowest BCUT2D eigenvalue weighted by Crippen LogP contribution is -3.53. The largest absolute Gasteiger partial charge is 0.582 e. The van der Waals surface area contributed by atoms with Crippen LogP contribution in [-0.4, -0.2) is 0 Å². The van der Waals surface area contributed by atoms with Crippen LogP contribution in [0.3, 0.4) is 0 Å². The van der Waals surface area contributed by atoms with Gasteiger partial charge in [-0.05, 0) is 9.39 Å². The van der Waals surface area contributed by atoms with Gasteiger partial charge in [0.2, 0.25) is 0 Å². The molecule has 0 aromatic heterocycles. The van der Waals surface area contributed by atoms with Gasteiger partial charge in [-0.15, -0.1) is 5.20 Å². The van der Waals surface area contributed by atoms with E-state index in [1.165, 1.54) is 0 Å². The molecule has 4 N–H and O–H groups in total. The van der Waals surface area contributed by atoms with Crippen molar-refractivity contribution >= 4 is 18.8 Å². The van der Waals surface area contributed by atoms with Gasteiger partial charge in [-0.2, -0.15) is 10.2 Å². The summed E-state index contributed by atoms with van der Waals surface area (Å²) in [4.78, 5) is -0.338. The van der Waals surface area contributed by atoms with Crippen molar-refractivity contribution in [2.45, 2.75) is 0 Å². The molecule has 0 amide bonds. The molecule has 7 heavy (non-hydrogen) atoms. The van der Waals surface area contributed by atoms with E-state index < -0.39 is 0 Å². The predicted molar refractivity (Wildman–Crippen MR) is 32.2 cm³/mol. The van der Waals surface area contributed by atoms with Gasteiger partial charge in [0.15, 0.2) is 0 Å². The number of rotatable bonds is 2. The summed E-state index contributed by atoms with van der Waals surface area (Å²) in [5.74, 6) is 6.69. The summed E-state index contributed by atoms with van der Waals surface area (Å²) < 4.78 is 0. The molecule has 4 atom stereocenters. The second-order valence-electron chi connectivity index (χ2n) is 0.884. The Bertz CT molecular complexity index is 47.0. The minimum atomic E-state index is -0.338. The van der Waals surface area contributed by atoms with Crippen LogP contribution in [0.25, 0.3) is 5.84 Å². The molecule has 0 aliphatic carbocycles. The Balaban J connectivity index is 3.14. The van der Waals surface area contributed by atoms with Crippen molar-refractivity contribution in [3.05, 3.63) is 11.0 Å². The monoisotopic (exact) mass is 142 g/mol. The van der Waals surface area contributed by atoms with E-state index in [1.54, 1.807) is 0 Å². The standard InChI is InChI=1S/H8N4OP2/c1-3(2-6)4(5)7/h1-4H,6-7H2. The maximum atomic E-state index is 10.0. The van der Waals surface area contributed by atoms with E-state index in [4.69, 9.17) is 5.84 Å². The van der Waals surface area contributed by atoms with Crippen LogP contribution in [0.2, 0.25) is 0 Å². The highest BCUT2D eigenvalue weighted by molar-refractivity contribution is 7.13. The van der Waals surface area contributed by atoms with Crippen LogP contribution < -0.4 is 15.4 Å². The lowest BCUT2D eigenvalue weighted by atomic mass is 12.2. The highest BCUT2D eigenvalue weighted by Gasteiger charge is 1.88. The zero-order chi connectivity index (χ0) is 5.86. The van der Waals surface area contributed by atoms with Crippen molar-refractivity contribution in [2.24, 2.45) is 0 Å². The molecule has 0 aliphatic rings. The fourth-order valence-electron chi connectivity index (χ4n) is 0.0711. The van der Waals surface area contributed by atoms with Gasteiger partial charge in [0, 0.05) is 0 Å². The molecule has 44 valence electrons. The average Bonchev–Trinajstić information content (AvgIpc) is 1.65. The van der Waals surface area contributed by atoms with Crippen LogP contribution in [0.15, 0.2) is 0 Å². The quantitative estimate of drug-likeness (QED) is 0.288. The van der Waals surface area contributed by atoms with Gasteiger partial charge in [-0.3, -0.25) is 0 Å². The van der Waals surface area contributed by atoms with E-state index in [0.29, 0.717) is 0 Å². The molecular weight excluding hydrogens is 134 g/mol. The number of hydrogen-bond donors (Lipinski definition) is 3. The van der Waals surface area contributed by atoms with Crippen LogP contribution in [0.5, 0.6) is 0 Å². The van der Waals surface area contributed by atoms with Gasteiger partial charge in [0.25, 0.3) is 0 Å². The van der Waals surface area contributed by atoms with Crippen molar-refractivity contribution in [3.63, 3.8) is 0 Å². The van der Waals surface area contributed by atoms with Gasteiger partial charge >= 0.3 is 0 Å². The van der Waals surface area contributed by atoms with E-state index in [9.17, 15) is 5.21 Å². The molecule has 5 nitrogen and oxygen atoms in total. The van der Waals surface area contributed by atoms with E-state index in [1.807, 2.05) is 9.39 Å². The van der Waals surface area contributed by atoms with Gasteiger partial charge in [-0.1, -0.05) is 0 Å². The SMILES string of the molecule is [NH-][NH+](NP)[NH+]([O-])P. The second kappa shape index (κ2) is 3.64. The smallest absolute Gasteiger partial charge is 0.124 e. The Kier molecular flexibility index (Phi) is 3.98. The Hall–Kier alpha value is 0.660. The van der Waals surface area contributed by atoms with E-state index in [2.05, 4.69) is 14.6 Å². The Morgan fingerprint density at radius 3 is 2.14 bits per heavy atom. The Morgan fingerprint density at radius 2 is 2.14 bits per heavy atom. The van der Waals surface area contributed by atoms with Gasteiger partial charge in [0.05, 0.1) is 0 Å². The molecule has 0 spiro atoms. The topological polar surface area (TPSA) is 67.8 Å². The Labute approximate surface area is 46.2 Å². The third-order valence-electron chi connectivity index (χ3n) is 0.391. The van der Waals surface area contributed by atoms with Gasteiger partial charge < -0.3 is 11.0 Å². The molecule has 0 bridgehead atoms. The molecule has 0 aliphatic heterocycles. The first-order chi connectivity index (χ1) is 3.18. The van der Waals surface area contributed by atoms with Crippen molar-refractivity contribution in [2.75, 3.05) is 0 Å². The summed E-state index contributed by atoms with van der Waals surface area (Å²) in [5, 5.41) is 12.2. The molecule has 0 fully saturated rings. The first kappa shape index (κ1) is 7.66. The molecule has 4 unspecified atom stereocenters. The summed E-state index contributed by atoms with van der Waals surface area (Å²) in [6.45, 7) is 0. The van der Waals surface area contributed by atoms with E-state index >= 15 is 0 Å². The third kappa shape index (κ3) is 3.26. The lowest BCUT2D eigenvalue weighted by Gasteiger charge is -2.26. The highest BCUT2D eigenvalue weighted by Crippen LogP contribution is 1.49. The maximum Gasteiger partial charge on any atom is 0.124 e. The number of nitrogens with one attached hydrogen (secondary N) is 4. The second-order valence-corrected chi connectivity index (χ2v) is 1.70. The zero-order valence-corrected chi connectivity index (χ0v) is 5.87. The average molecular weight is 142 g/mol. The van der Waals surface area contributed by atoms with E-state index in [-0.39, 0.29) is 10.2 Å². The molecule has 0 aromatic carbocycles. The molecule has 0 radical (unpaired) electrons. The molecule has 0 rings (SSSR count). The molecule has 0 aromatic rings. The fraction of sp³-hybridized carbons (Fsp3) is 0. The number of quaternary nitrogens is 2. The molecule has 0 heterocycles. The van der Waals surface area contributed by atoms with Crippen molar-refractivity contribution < 1.29 is 10.2 Å². The van der Waals surface area contributed by atoms with Gasteiger partial charge in [-0.25, -0.2) is 0 Å². The molecular formula is H8N4OP2. The normalized spacial score (nSPS) is 18.9. The van der Waals surface area contributed by atoms with Gasteiger partial charge in [0.1, 0.15) is 9.39 Å². The highest BCUT2D eigenvalue weighted by atomic mass is 31.0. The summed E-state index contributed by atoms with van der Waals surface area (Å²) in [6.07, 6.45) is 0. The van der Waals surface area contributed by atoms with Crippen LogP contribution in [-0.2, 0) is 0 Å². The first-order valence-electron chi connectivity index (χ1n) is 1.53. The first-order valence-corrected chi connectivity index (χ1v) is 2.69. The van der Waals surface area contributed by atoms with Crippen LogP contribution in [0.4, 0.5) is 0 Å². The maximum absolute atomic E-state index is 10.0.